The predicted octanol–water partition coefficient (Wildman–Crippen LogP) is 3.80. The minimum atomic E-state index is 0.205. The van der Waals surface area contributed by atoms with Gasteiger partial charge in [-0.3, -0.25) is 0 Å². The Balaban J connectivity index is 2.27. The van der Waals surface area contributed by atoms with Crippen molar-refractivity contribution in [1.82, 2.24) is 9.55 Å². The lowest BCUT2D eigenvalue weighted by Gasteiger charge is -2.16. The molecule has 2 rings (SSSR count). The Labute approximate surface area is 118 Å². The standard InChI is InChI=1S/C14H18ClN3O/c1-10-8-18(11(2)9-19-3)14(16-10)17-13-7-5-4-6-12(13)15/h4-8,11H,9H2,1-3H3,(H,16,17). The molecule has 102 valence electrons. The SMILES string of the molecule is COCC(C)n1cc(C)nc1Nc1ccccc1Cl. The largest absolute Gasteiger partial charge is 0.383 e. The van der Waals surface area contributed by atoms with Crippen LogP contribution in [0.3, 0.4) is 0 Å². The Bertz CT molecular complexity index is 553. The molecule has 1 aromatic heterocycles. The van der Waals surface area contributed by atoms with Crippen molar-refractivity contribution in [2.75, 3.05) is 19.0 Å². The summed E-state index contributed by atoms with van der Waals surface area (Å²) in [5.74, 6) is 0.773. The van der Waals surface area contributed by atoms with Crippen molar-refractivity contribution in [1.29, 1.82) is 0 Å². The second-order valence-electron chi connectivity index (χ2n) is 4.52. The van der Waals surface area contributed by atoms with Crippen LogP contribution in [0.1, 0.15) is 18.7 Å². The van der Waals surface area contributed by atoms with Gasteiger partial charge in [0.15, 0.2) is 0 Å². The van der Waals surface area contributed by atoms with Crippen LogP contribution in [0.25, 0.3) is 0 Å². The van der Waals surface area contributed by atoms with Crippen molar-refractivity contribution < 1.29 is 4.74 Å². The van der Waals surface area contributed by atoms with Crippen molar-refractivity contribution in [3.8, 4) is 0 Å². The molecule has 5 heteroatoms. The van der Waals surface area contributed by atoms with Crippen LogP contribution >= 0.6 is 11.6 Å². The highest BCUT2D eigenvalue weighted by Crippen LogP contribution is 2.26. The summed E-state index contributed by atoms with van der Waals surface area (Å²) in [6, 6.07) is 7.82. The number of imidazole rings is 1. The van der Waals surface area contributed by atoms with E-state index in [1.54, 1.807) is 7.11 Å². The molecule has 0 spiro atoms. The second-order valence-corrected chi connectivity index (χ2v) is 4.93. The van der Waals surface area contributed by atoms with E-state index in [0.717, 1.165) is 17.3 Å². The zero-order chi connectivity index (χ0) is 13.8. The number of methoxy groups -OCH3 is 1. The van der Waals surface area contributed by atoms with Crippen LogP contribution in [0.15, 0.2) is 30.5 Å². The Kier molecular flexibility index (Phi) is 4.45. The maximum absolute atomic E-state index is 6.15. The quantitative estimate of drug-likeness (QED) is 0.905. The number of halogens is 1. The molecule has 0 fully saturated rings. The number of hydrogen-bond donors (Lipinski definition) is 1. The summed E-state index contributed by atoms with van der Waals surface area (Å²) >= 11 is 6.15. The fraction of sp³-hybridized carbons (Fsp3) is 0.357. The average molecular weight is 280 g/mol. The summed E-state index contributed by atoms with van der Waals surface area (Å²) < 4.78 is 7.25. The van der Waals surface area contributed by atoms with Crippen molar-refractivity contribution in [3.05, 3.63) is 41.2 Å². The summed E-state index contributed by atoms with van der Waals surface area (Å²) in [6.07, 6.45) is 2.00. The molecule has 0 bridgehead atoms. The zero-order valence-electron chi connectivity index (χ0n) is 11.4. The molecule has 1 aromatic carbocycles. The Morgan fingerprint density at radius 1 is 1.42 bits per heavy atom. The molecule has 0 aliphatic carbocycles. The fourth-order valence-electron chi connectivity index (χ4n) is 1.95. The van der Waals surface area contributed by atoms with Crippen molar-refractivity contribution in [3.63, 3.8) is 0 Å². The Morgan fingerprint density at radius 2 is 2.16 bits per heavy atom. The molecular formula is C14H18ClN3O. The molecule has 0 aliphatic rings. The van der Waals surface area contributed by atoms with Gasteiger partial charge >= 0.3 is 0 Å². The van der Waals surface area contributed by atoms with Crippen molar-refractivity contribution in [2.24, 2.45) is 0 Å². The molecule has 0 saturated carbocycles. The monoisotopic (exact) mass is 279 g/mol. The highest BCUT2D eigenvalue weighted by Gasteiger charge is 2.12. The summed E-state index contributed by atoms with van der Waals surface area (Å²) in [6.45, 7) is 4.68. The fourth-order valence-corrected chi connectivity index (χ4v) is 2.13. The molecule has 0 saturated heterocycles. The van der Waals surface area contributed by atoms with E-state index < -0.39 is 0 Å². The first-order valence-electron chi connectivity index (χ1n) is 6.17. The molecule has 1 N–H and O–H groups in total. The lowest BCUT2D eigenvalue weighted by Crippen LogP contribution is -2.12. The van der Waals surface area contributed by atoms with E-state index >= 15 is 0 Å². The van der Waals surface area contributed by atoms with Gasteiger partial charge in [0.2, 0.25) is 5.95 Å². The van der Waals surface area contributed by atoms with Gasteiger partial charge in [-0.15, -0.1) is 0 Å². The average Bonchev–Trinajstić information content (AvgIpc) is 2.74. The molecule has 0 aliphatic heterocycles. The van der Waals surface area contributed by atoms with Gasteiger partial charge in [0.25, 0.3) is 0 Å². The van der Waals surface area contributed by atoms with Crippen LogP contribution in [0.2, 0.25) is 5.02 Å². The highest BCUT2D eigenvalue weighted by atomic mass is 35.5. The first-order valence-corrected chi connectivity index (χ1v) is 6.55. The van der Waals surface area contributed by atoms with Crippen LogP contribution in [-0.2, 0) is 4.74 Å². The van der Waals surface area contributed by atoms with Gasteiger partial charge in [-0.25, -0.2) is 4.98 Å². The van der Waals surface area contributed by atoms with Crippen LogP contribution < -0.4 is 5.32 Å². The lowest BCUT2D eigenvalue weighted by atomic mass is 10.3. The van der Waals surface area contributed by atoms with Crippen LogP contribution in [0.5, 0.6) is 0 Å². The Hall–Kier alpha value is -1.52. The van der Waals surface area contributed by atoms with Gasteiger partial charge in [0.05, 0.1) is 29.1 Å². The number of nitrogens with one attached hydrogen (secondary N) is 1. The number of benzene rings is 1. The maximum Gasteiger partial charge on any atom is 0.207 e. The minimum Gasteiger partial charge on any atom is -0.383 e. The van der Waals surface area contributed by atoms with Crippen LogP contribution in [-0.4, -0.2) is 23.3 Å². The second kappa shape index (κ2) is 6.08. The molecule has 1 unspecified atom stereocenters. The number of nitrogens with zero attached hydrogens (tertiary/aromatic N) is 2. The number of hydrogen-bond acceptors (Lipinski definition) is 3. The van der Waals surface area contributed by atoms with E-state index in [0.29, 0.717) is 11.6 Å². The summed E-state index contributed by atoms with van der Waals surface area (Å²) in [7, 11) is 1.70. The number of aryl methyl sites for hydroxylation is 1. The zero-order valence-corrected chi connectivity index (χ0v) is 12.1. The van der Waals surface area contributed by atoms with E-state index in [-0.39, 0.29) is 6.04 Å². The third-order valence-corrected chi connectivity index (χ3v) is 3.19. The van der Waals surface area contributed by atoms with Gasteiger partial charge in [-0.05, 0) is 26.0 Å². The smallest absolute Gasteiger partial charge is 0.207 e. The molecule has 1 atom stereocenters. The number of rotatable bonds is 5. The number of anilines is 2. The molecular weight excluding hydrogens is 262 g/mol. The van der Waals surface area contributed by atoms with Gasteiger partial charge in [-0.1, -0.05) is 23.7 Å². The molecule has 0 radical (unpaired) electrons. The van der Waals surface area contributed by atoms with Crippen LogP contribution in [0, 0.1) is 6.92 Å². The normalized spacial score (nSPS) is 12.4. The Morgan fingerprint density at radius 3 is 2.84 bits per heavy atom. The highest BCUT2D eigenvalue weighted by molar-refractivity contribution is 6.33. The van der Waals surface area contributed by atoms with Gasteiger partial charge in [0.1, 0.15) is 0 Å². The first-order chi connectivity index (χ1) is 9.11. The van der Waals surface area contributed by atoms with Crippen LogP contribution in [0.4, 0.5) is 11.6 Å². The van der Waals surface area contributed by atoms with Crippen molar-refractivity contribution in [2.45, 2.75) is 19.9 Å². The lowest BCUT2D eigenvalue weighted by molar-refractivity contribution is 0.163. The molecule has 4 nitrogen and oxygen atoms in total. The van der Waals surface area contributed by atoms with E-state index in [4.69, 9.17) is 16.3 Å². The molecule has 19 heavy (non-hydrogen) atoms. The van der Waals surface area contributed by atoms with E-state index in [9.17, 15) is 0 Å². The van der Waals surface area contributed by atoms with Gasteiger partial charge in [-0.2, -0.15) is 0 Å². The predicted molar refractivity (Wildman–Crippen MR) is 78.3 cm³/mol. The van der Waals surface area contributed by atoms with Gasteiger partial charge in [0, 0.05) is 13.3 Å². The molecule has 0 amide bonds. The summed E-state index contributed by atoms with van der Waals surface area (Å²) in [4.78, 5) is 4.49. The number of aromatic nitrogens is 2. The van der Waals surface area contributed by atoms with E-state index in [2.05, 4.69) is 21.8 Å². The third kappa shape index (κ3) is 3.28. The summed E-state index contributed by atoms with van der Waals surface area (Å²) in [5.41, 5.74) is 1.80. The summed E-state index contributed by atoms with van der Waals surface area (Å²) in [5, 5.41) is 3.94. The van der Waals surface area contributed by atoms with E-state index in [1.165, 1.54) is 0 Å². The third-order valence-electron chi connectivity index (χ3n) is 2.86. The van der Waals surface area contributed by atoms with Crippen molar-refractivity contribution >= 4 is 23.2 Å². The first kappa shape index (κ1) is 13.9. The molecule has 1 heterocycles. The minimum absolute atomic E-state index is 0.205. The van der Waals surface area contributed by atoms with Gasteiger partial charge < -0.3 is 14.6 Å². The maximum atomic E-state index is 6.15. The topological polar surface area (TPSA) is 39.1 Å². The number of ether oxygens (including phenoxy) is 1. The molecule has 2 aromatic rings. The van der Waals surface area contributed by atoms with E-state index in [1.807, 2.05) is 37.4 Å². The number of para-hydroxylation sites is 1.